The number of halogens is 1. The van der Waals surface area contributed by atoms with E-state index in [0.29, 0.717) is 0 Å². The molecule has 1 saturated heterocycles. The molecule has 0 aromatic heterocycles. The molecule has 3 nitrogen and oxygen atoms in total. The van der Waals surface area contributed by atoms with Crippen molar-refractivity contribution >= 4 is 5.97 Å². The summed E-state index contributed by atoms with van der Waals surface area (Å²) in [5.41, 5.74) is 0.817. The number of carboxylic acid groups (broad SMARTS) is 1. The van der Waals surface area contributed by atoms with E-state index in [1.54, 1.807) is 6.07 Å². The van der Waals surface area contributed by atoms with Crippen molar-refractivity contribution in [1.82, 2.24) is 5.32 Å². The average molecular weight is 209 g/mol. The van der Waals surface area contributed by atoms with E-state index in [2.05, 4.69) is 5.32 Å². The lowest BCUT2D eigenvalue weighted by Gasteiger charge is -2.11. The molecule has 1 aromatic rings. The predicted molar refractivity (Wildman–Crippen MR) is 53.6 cm³/mol. The molecule has 80 valence electrons. The van der Waals surface area contributed by atoms with Crippen LogP contribution >= 0.6 is 0 Å². The lowest BCUT2D eigenvalue weighted by atomic mass is 9.93. The van der Waals surface area contributed by atoms with Crippen LogP contribution in [0.4, 0.5) is 4.39 Å². The summed E-state index contributed by atoms with van der Waals surface area (Å²) < 4.78 is 12.9. The third kappa shape index (κ3) is 1.99. The zero-order chi connectivity index (χ0) is 10.8. The van der Waals surface area contributed by atoms with Crippen LogP contribution in [0.5, 0.6) is 0 Å². The van der Waals surface area contributed by atoms with Crippen LogP contribution in [0.3, 0.4) is 0 Å². The van der Waals surface area contributed by atoms with Crippen molar-refractivity contribution in [1.29, 1.82) is 0 Å². The fourth-order valence-corrected chi connectivity index (χ4v) is 1.99. The Hall–Kier alpha value is -1.42. The van der Waals surface area contributed by atoms with Crippen molar-refractivity contribution < 1.29 is 14.3 Å². The van der Waals surface area contributed by atoms with Gasteiger partial charge in [0.1, 0.15) is 5.82 Å². The number of carbonyl (C=O) groups is 1. The van der Waals surface area contributed by atoms with Gasteiger partial charge in [-0.15, -0.1) is 0 Å². The van der Waals surface area contributed by atoms with Crippen LogP contribution in [0.2, 0.25) is 0 Å². The zero-order valence-corrected chi connectivity index (χ0v) is 8.16. The Balaban J connectivity index is 2.40. The minimum Gasteiger partial charge on any atom is -0.478 e. The van der Waals surface area contributed by atoms with Crippen LogP contribution in [-0.2, 0) is 0 Å². The highest BCUT2D eigenvalue weighted by Gasteiger charge is 2.22. The molecule has 4 heteroatoms. The number of aromatic carboxylic acids is 1. The molecule has 2 N–H and O–H groups in total. The van der Waals surface area contributed by atoms with Gasteiger partial charge < -0.3 is 10.4 Å². The zero-order valence-electron chi connectivity index (χ0n) is 8.16. The molecule has 0 saturated carbocycles. The third-order valence-corrected chi connectivity index (χ3v) is 2.75. The van der Waals surface area contributed by atoms with E-state index in [-0.39, 0.29) is 11.5 Å². The summed E-state index contributed by atoms with van der Waals surface area (Å²) in [5, 5.41) is 12.1. The van der Waals surface area contributed by atoms with Crippen LogP contribution in [-0.4, -0.2) is 24.2 Å². The largest absolute Gasteiger partial charge is 0.478 e. The van der Waals surface area contributed by atoms with Gasteiger partial charge in [-0.25, -0.2) is 9.18 Å². The first-order valence-corrected chi connectivity index (χ1v) is 4.92. The Morgan fingerprint density at radius 2 is 2.33 bits per heavy atom. The number of hydrogen-bond donors (Lipinski definition) is 2. The lowest BCUT2D eigenvalue weighted by molar-refractivity contribution is 0.0694. The Bertz CT molecular complexity index is 386. The highest BCUT2D eigenvalue weighted by Crippen LogP contribution is 2.26. The molecule has 0 amide bonds. The predicted octanol–water partition coefficient (Wildman–Crippen LogP) is 1.60. The van der Waals surface area contributed by atoms with Crippen molar-refractivity contribution in [2.75, 3.05) is 13.1 Å². The standard InChI is InChI=1S/C11H12FNO2/c12-8-1-2-9(7-3-4-13-6-7)10(5-8)11(14)15/h1-2,5,7,13H,3-4,6H2,(H,14,15). The van der Waals surface area contributed by atoms with Gasteiger partial charge in [0.05, 0.1) is 5.56 Å². The first-order valence-electron chi connectivity index (χ1n) is 4.92. The summed E-state index contributed by atoms with van der Waals surface area (Å²) in [4.78, 5) is 10.9. The maximum Gasteiger partial charge on any atom is 0.336 e. The average Bonchev–Trinajstić information content (AvgIpc) is 2.70. The molecule has 1 aliphatic rings. The van der Waals surface area contributed by atoms with Crippen molar-refractivity contribution in [3.05, 3.63) is 35.1 Å². The summed E-state index contributed by atoms with van der Waals surface area (Å²) >= 11 is 0. The fourth-order valence-electron chi connectivity index (χ4n) is 1.99. The number of carboxylic acids is 1. The Morgan fingerprint density at radius 3 is 2.93 bits per heavy atom. The first-order chi connectivity index (χ1) is 7.18. The van der Waals surface area contributed by atoms with Gasteiger partial charge in [0, 0.05) is 6.54 Å². The minimum atomic E-state index is -1.06. The normalized spacial score (nSPS) is 20.5. The molecule has 0 spiro atoms. The van der Waals surface area contributed by atoms with Gasteiger partial charge in [-0.2, -0.15) is 0 Å². The summed E-state index contributed by atoms with van der Waals surface area (Å²) in [6.45, 7) is 1.66. The highest BCUT2D eigenvalue weighted by atomic mass is 19.1. The van der Waals surface area contributed by atoms with Gasteiger partial charge in [-0.05, 0) is 36.6 Å². The lowest BCUT2D eigenvalue weighted by Crippen LogP contribution is -2.11. The third-order valence-electron chi connectivity index (χ3n) is 2.75. The molecule has 0 aliphatic carbocycles. The first kappa shape index (κ1) is 10.1. The van der Waals surface area contributed by atoms with Gasteiger partial charge >= 0.3 is 5.97 Å². The molecule has 15 heavy (non-hydrogen) atoms. The second kappa shape index (κ2) is 3.98. The van der Waals surface area contributed by atoms with Gasteiger partial charge in [0.25, 0.3) is 0 Å². The van der Waals surface area contributed by atoms with Gasteiger partial charge in [0.15, 0.2) is 0 Å². The molecule has 0 bridgehead atoms. The number of nitrogens with one attached hydrogen (secondary N) is 1. The number of hydrogen-bond acceptors (Lipinski definition) is 2. The van der Waals surface area contributed by atoms with E-state index in [9.17, 15) is 9.18 Å². The summed E-state index contributed by atoms with van der Waals surface area (Å²) in [5.74, 6) is -1.37. The van der Waals surface area contributed by atoms with Crippen LogP contribution in [0.15, 0.2) is 18.2 Å². The Labute approximate surface area is 86.9 Å². The van der Waals surface area contributed by atoms with E-state index < -0.39 is 11.8 Å². The molecule has 1 unspecified atom stereocenters. The molecule has 1 atom stereocenters. The molecule has 1 aromatic carbocycles. The summed E-state index contributed by atoms with van der Waals surface area (Å²) in [7, 11) is 0. The second-order valence-corrected chi connectivity index (χ2v) is 3.73. The van der Waals surface area contributed by atoms with Gasteiger partial charge in [-0.3, -0.25) is 0 Å². The minimum absolute atomic E-state index is 0.0868. The van der Waals surface area contributed by atoms with Gasteiger partial charge in [-0.1, -0.05) is 6.07 Å². The van der Waals surface area contributed by atoms with Crippen LogP contribution in [0, 0.1) is 5.82 Å². The van der Waals surface area contributed by atoms with Crippen molar-refractivity contribution in [3.63, 3.8) is 0 Å². The highest BCUT2D eigenvalue weighted by molar-refractivity contribution is 5.89. The van der Waals surface area contributed by atoms with Crippen LogP contribution in [0.1, 0.15) is 28.3 Å². The van der Waals surface area contributed by atoms with Crippen molar-refractivity contribution in [2.45, 2.75) is 12.3 Å². The quantitative estimate of drug-likeness (QED) is 0.777. The molecular formula is C11H12FNO2. The number of benzene rings is 1. The van der Waals surface area contributed by atoms with E-state index >= 15 is 0 Å². The maximum atomic E-state index is 12.9. The Kier molecular flexibility index (Phi) is 2.68. The van der Waals surface area contributed by atoms with Crippen molar-refractivity contribution in [3.8, 4) is 0 Å². The maximum absolute atomic E-state index is 12.9. The van der Waals surface area contributed by atoms with Gasteiger partial charge in [0.2, 0.25) is 0 Å². The van der Waals surface area contributed by atoms with E-state index in [1.165, 1.54) is 6.07 Å². The second-order valence-electron chi connectivity index (χ2n) is 3.73. The topological polar surface area (TPSA) is 49.3 Å². The molecule has 0 radical (unpaired) electrons. The van der Waals surface area contributed by atoms with E-state index in [1.807, 2.05) is 0 Å². The monoisotopic (exact) mass is 209 g/mol. The van der Waals surface area contributed by atoms with E-state index in [4.69, 9.17) is 5.11 Å². The summed E-state index contributed by atoms with van der Waals surface area (Å²) in [6.07, 6.45) is 0.909. The SMILES string of the molecule is O=C(O)c1cc(F)ccc1C1CCNC1. The number of rotatable bonds is 2. The molecular weight excluding hydrogens is 197 g/mol. The van der Waals surface area contributed by atoms with E-state index in [0.717, 1.165) is 31.1 Å². The van der Waals surface area contributed by atoms with Crippen molar-refractivity contribution in [2.24, 2.45) is 0 Å². The molecule has 2 rings (SSSR count). The molecule has 1 fully saturated rings. The summed E-state index contributed by atoms with van der Waals surface area (Å²) in [6, 6.07) is 3.99. The molecule has 1 heterocycles. The molecule has 1 aliphatic heterocycles. The fraction of sp³-hybridized carbons (Fsp3) is 0.364. The van der Waals surface area contributed by atoms with Crippen LogP contribution in [0.25, 0.3) is 0 Å². The smallest absolute Gasteiger partial charge is 0.336 e. The Morgan fingerprint density at radius 1 is 1.53 bits per heavy atom. The van der Waals surface area contributed by atoms with Crippen LogP contribution < -0.4 is 5.32 Å².